The largest absolute Gasteiger partial charge is 0.493 e. The molecule has 4 amide bonds. The number of carbonyl (C=O) groups is 3. The van der Waals surface area contributed by atoms with E-state index < -0.39 is 17.8 Å². The van der Waals surface area contributed by atoms with Crippen molar-refractivity contribution in [3.63, 3.8) is 0 Å². The van der Waals surface area contributed by atoms with Crippen LogP contribution in [0.4, 0.5) is 4.79 Å². The summed E-state index contributed by atoms with van der Waals surface area (Å²) in [6.45, 7) is 5.11. The number of carbonyl (C=O) groups excluding carboxylic acids is 3. The van der Waals surface area contributed by atoms with E-state index in [1.54, 1.807) is 0 Å². The van der Waals surface area contributed by atoms with Gasteiger partial charge < -0.3 is 4.74 Å². The van der Waals surface area contributed by atoms with Crippen LogP contribution < -0.4 is 4.74 Å². The van der Waals surface area contributed by atoms with Crippen molar-refractivity contribution in [3.05, 3.63) is 51.7 Å². The van der Waals surface area contributed by atoms with Gasteiger partial charge in [0, 0.05) is 44.0 Å². The van der Waals surface area contributed by atoms with E-state index in [9.17, 15) is 14.4 Å². The van der Waals surface area contributed by atoms with Crippen LogP contribution in [0.2, 0.25) is 0 Å². The summed E-state index contributed by atoms with van der Waals surface area (Å²) in [6, 6.07) is 9.59. The molecule has 3 aliphatic heterocycles. The monoisotopic (exact) mass is 440 g/mol. The summed E-state index contributed by atoms with van der Waals surface area (Å²) >= 11 is 1.46. The fraction of sp³-hybridized carbons (Fsp3) is 0.409. The first kappa shape index (κ1) is 20.2. The molecule has 0 atom stereocenters. The highest BCUT2D eigenvalue weighted by Crippen LogP contribution is 2.26. The second-order valence-corrected chi connectivity index (χ2v) is 9.09. The van der Waals surface area contributed by atoms with Gasteiger partial charge in [-0.15, -0.1) is 11.3 Å². The smallest absolute Gasteiger partial charge is 0.335 e. The molecule has 0 N–H and O–H groups in total. The van der Waals surface area contributed by atoms with Gasteiger partial charge in [0.15, 0.2) is 0 Å². The molecule has 0 unspecified atom stereocenters. The van der Waals surface area contributed by atoms with E-state index in [1.165, 1.54) is 22.5 Å². The standard InChI is InChI=1S/C22H24N4O4S/c27-20-21(28)26(22(29)25(20)14-18-2-1-11-31-18)15-24-8-6-23(7-9-24)13-16-3-4-19-17(12-16)5-10-30-19/h1-4,11-12H,5-10,13-15H2. The Labute approximate surface area is 184 Å². The second-order valence-electron chi connectivity index (χ2n) is 8.06. The summed E-state index contributed by atoms with van der Waals surface area (Å²) in [5, 5.41) is 1.88. The van der Waals surface area contributed by atoms with Gasteiger partial charge in [0.2, 0.25) is 0 Å². The van der Waals surface area contributed by atoms with Gasteiger partial charge in [0.1, 0.15) is 5.75 Å². The number of piperazine rings is 1. The van der Waals surface area contributed by atoms with E-state index in [-0.39, 0.29) is 13.2 Å². The van der Waals surface area contributed by atoms with Crippen molar-refractivity contribution in [1.82, 2.24) is 19.6 Å². The number of rotatable bonds is 6. The molecular weight excluding hydrogens is 416 g/mol. The Morgan fingerprint density at radius 3 is 2.45 bits per heavy atom. The Balaban J connectivity index is 1.14. The lowest BCUT2D eigenvalue weighted by Crippen LogP contribution is -2.51. The summed E-state index contributed by atoms with van der Waals surface area (Å²) in [6.07, 6.45) is 0.969. The number of benzene rings is 1. The Morgan fingerprint density at radius 1 is 0.903 bits per heavy atom. The molecule has 2 fully saturated rings. The molecule has 5 rings (SSSR count). The Kier molecular flexibility index (Phi) is 5.47. The summed E-state index contributed by atoms with van der Waals surface area (Å²) in [5.41, 5.74) is 2.55. The topological polar surface area (TPSA) is 73.4 Å². The molecule has 4 heterocycles. The van der Waals surface area contributed by atoms with Crippen LogP contribution in [-0.2, 0) is 29.1 Å². The van der Waals surface area contributed by atoms with E-state index in [0.29, 0.717) is 0 Å². The number of fused-ring (bicyclic) bond motifs is 1. The number of imide groups is 2. The minimum atomic E-state index is -0.738. The third-order valence-electron chi connectivity index (χ3n) is 6.00. The van der Waals surface area contributed by atoms with Crippen LogP contribution in [0, 0.1) is 0 Å². The predicted molar refractivity (Wildman–Crippen MR) is 114 cm³/mol. The van der Waals surface area contributed by atoms with E-state index in [1.807, 2.05) is 17.5 Å². The predicted octanol–water partition coefficient (Wildman–Crippen LogP) is 1.75. The number of thiophene rings is 1. The number of hydrogen-bond donors (Lipinski definition) is 0. The van der Waals surface area contributed by atoms with Crippen LogP contribution in [0.1, 0.15) is 16.0 Å². The molecule has 0 bridgehead atoms. The molecular formula is C22H24N4O4S. The van der Waals surface area contributed by atoms with Crippen molar-refractivity contribution >= 4 is 29.2 Å². The van der Waals surface area contributed by atoms with Gasteiger partial charge in [-0.2, -0.15) is 0 Å². The van der Waals surface area contributed by atoms with Crippen molar-refractivity contribution in [3.8, 4) is 5.75 Å². The van der Waals surface area contributed by atoms with E-state index in [0.717, 1.165) is 66.2 Å². The molecule has 0 aliphatic carbocycles. The van der Waals surface area contributed by atoms with Gasteiger partial charge >= 0.3 is 17.8 Å². The Bertz CT molecular complexity index is 1000. The maximum Gasteiger partial charge on any atom is 0.335 e. The maximum absolute atomic E-state index is 12.7. The zero-order chi connectivity index (χ0) is 21.4. The van der Waals surface area contributed by atoms with Gasteiger partial charge in [-0.25, -0.2) is 9.69 Å². The highest BCUT2D eigenvalue weighted by Gasteiger charge is 2.45. The van der Waals surface area contributed by atoms with Crippen LogP contribution in [0.25, 0.3) is 0 Å². The molecule has 162 valence electrons. The van der Waals surface area contributed by atoms with Crippen molar-refractivity contribution in [2.45, 2.75) is 19.5 Å². The molecule has 0 saturated carbocycles. The molecule has 0 spiro atoms. The molecule has 3 aliphatic rings. The highest BCUT2D eigenvalue weighted by molar-refractivity contribution is 7.09. The lowest BCUT2D eigenvalue weighted by molar-refractivity contribution is -0.144. The lowest BCUT2D eigenvalue weighted by atomic mass is 10.1. The molecule has 0 radical (unpaired) electrons. The van der Waals surface area contributed by atoms with Crippen molar-refractivity contribution in [1.29, 1.82) is 0 Å². The third kappa shape index (κ3) is 4.08. The van der Waals surface area contributed by atoms with Crippen LogP contribution in [0.3, 0.4) is 0 Å². The number of urea groups is 1. The normalized spacial score (nSPS) is 19.9. The van der Waals surface area contributed by atoms with Crippen molar-refractivity contribution < 1.29 is 19.1 Å². The van der Waals surface area contributed by atoms with Gasteiger partial charge in [-0.1, -0.05) is 18.2 Å². The first-order valence-corrected chi connectivity index (χ1v) is 11.4. The quantitative estimate of drug-likeness (QED) is 0.503. The first-order chi connectivity index (χ1) is 15.1. The lowest BCUT2D eigenvalue weighted by Gasteiger charge is -2.35. The van der Waals surface area contributed by atoms with Gasteiger partial charge in [0.25, 0.3) is 0 Å². The molecule has 2 aromatic rings. The second kappa shape index (κ2) is 8.41. The summed E-state index contributed by atoms with van der Waals surface area (Å²) in [7, 11) is 0. The summed E-state index contributed by atoms with van der Waals surface area (Å²) < 4.78 is 5.58. The number of ether oxygens (including phenoxy) is 1. The highest BCUT2D eigenvalue weighted by atomic mass is 32.1. The van der Waals surface area contributed by atoms with E-state index in [2.05, 4.69) is 28.0 Å². The number of amides is 4. The molecule has 1 aromatic heterocycles. The van der Waals surface area contributed by atoms with E-state index in [4.69, 9.17) is 4.74 Å². The van der Waals surface area contributed by atoms with Crippen LogP contribution in [0.5, 0.6) is 5.75 Å². The van der Waals surface area contributed by atoms with Crippen molar-refractivity contribution in [2.24, 2.45) is 0 Å². The maximum atomic E-state index is 12.7. The number of hydrogen-bond acceptors (Lipinski definition) is 7. The minimum Gasteiger partial charge on any atom is -0.493 e. The van der Waals surface area contributed by atoms with Gasteiger partial charge in [-0.05, 0) is 28.6 Å². The van der Waals surface area contributed by atoms with Gasteiger partial charge in [-0.3, -0.25) is 24.3 Å². The molecule has 1 aromatic carbocycles. The fourth-order valence-corrected chi connectivity index (χ4v) is 4.95. The molecule has 8 nitrogen and oxygen atoms in total. The average Bonchev–Trinajstić information content (AvgIpc) is 3.50. The summed E-state index contributed by atoms with van der Waals surface area (Å²) in [5.74, 6) is -0.474. The van der Waals surface area contributed by atoms with Crippen LogP contribution >= 0.6 is 11.3 Å². The molecule has 2 saturated heterocycles. The molecule has 31 heavy (non-hydrogen) atoms. The minimum absolute atomic E-state index is 0.150. The van der Waals surface area contributed by atoms with Crippen LogP contribution in [0.15, 0.2) is 35.7 Å². The van der Waals surface area contributed by atoms with E-state index >= 15 is 0 Å². The fourth-order valence-electron chi connectivity index (χ4n) is 4.26. The first-order valence-electron chi connectivity index (χ1n) is 10.5. The zero-order valence-corrected chi connectivity index (χ0v) is 18.0. The summed E-state index contributed by atoms with van der Waals surface area (Å²) in [4.78, 5) is 44.8. The third-order valence-corrected chi connectivity index (χ3v) is 6.86. The van der Waals surface area contributed by atoms with Crippen molar-refractivity contribution in [2.75, 3.05) is 39.5 Å². The SMILES string of the molecule is O=C1C(=O)N(CN2CCN(Cc3ccc4c(c3)CCO4)CC2)C(=O)N1Cc1cccs1. The Hall–Kier alpha value is -2.75. The average molecular weight is 441 g/mol. The Morgan fingerprint density at radius 2 is 1.68 bits per heavy atom. The number of nitrogens with zero attached hydrogens (tertiary/aromatic N) is 4. The van der Waals surface area contributed by atoms with Gasteiger partial charge in [0.05, 0.1) is 19.8 Å². The van der Waals surface area contributed by atoms with Crippen LogP contribution in [-0.4, -0.2) is 76.9 Å². The molecule has 9 heteroatoms. The zero-order valence-electron chi connectivity index (χ0n) is 17.2.